The Balaban J connectivity index is 2.18. The van der Waals surface area contributed by atoms with Crippen molar-refractivity contribution in [2.45, 2.75) is 0 Å². The number of hydrogen-bond donors (Lipinski definition) is 0. The summed E-state index contributed by atoms with van der Waals surface area (Å²) in [6.45, 7) is 0. The van der Waals surface area contributed by atoms with Crippen molar-refractivity contribution in [1.29, 1.82) is 0 Å². The van der Waals surface area contributed by atoms with Crippen molar-refractivity contribution in [3.8, 4) is 11.8 Å². The van der Waals surface area contributed by atoms with Crippen molar-refractivity contribution in [2.24, 2.45) is 0 Å². The Morgan fingerprint density at radius 1 is 1.20 bits per heavy atom. The van der Waals surface area contributed by atoms with E-state index in [2.05, 4.69) is 25.9 Å². The van der Waals surface area contributed by atoms with Crippen molar-refractivity contribution in [3.05, 3.63) is 46.2 Å². The van der Waals surface area contributed by atoms with Gasteiger partial charge in [-0.2, -0.15) is 0 Å². The fraction of sp³-hybridized carbons (Fsp3) is 0. The lowest BCUT2D eigenvalue weighted by Gasteiger charge is -2.02. The molecule has 76 valence electrons. The van der Waals surface area contributed by atoms with E-state index in [4.69, 9.17) is 16.3 Å². The van der Waals surface area contributed by atoms with Gasteiger partial charge in [-0.3, -0.25) is 0 Å². The van der Waals surface area contributed by atoms with Crippen molar-refractivity contribution >= 4 is 27.5 Å². The molecule has 0 radical (unpaired) electrons. The van der Waals surface area contributed by atoms with Gasteiger partial charge >= 0.3 is 6.01 Å². The van der Waals surface area contributed by atoms with E-state index in [1.807, 2.05) is 0 Å². The second kappa shape index (κ2) is 4.59. The Labute approximate surface area is 100 Å². The van der Waals surface area contributed by atoms with Gasteiger partial charge < -0.3 is 4.74 Å². The number of benzene rings is 1. The van der Waals surface area contributed by atoms with Gasteiger partial charge in [0.25, 0.3) is 0 Å². The summed E-state index contributed by atoms with van der Waals surface area (Å²) in [5.41, 5.74) is 0. The molecule has 0 N–H and O–H groups in total. The van der Waals surface area contributed by atoms with Crippen LogP contribution in [0.4, 0.5) is 0 Å². The third kappa shape index (κ3) is 2.91. The zero-order valence-electron chi connectivity index (χ0n) is 7.52. The van der Waals surface area contributed by atoms with Crippen LogP contribution in [-0.4, -0.2) is 9.97 Å². The van der Waals surface area contributed by atoms with Crippen molar-refractivity contribution in [2.75, 3.05) is 0 Å². The molecule has 15 heavy (non-hydrogen) atoms. The first kappa shape index (κ1) is 10.4. The average molecular weight is 286 g/mol. The van der Waals surface area contributed by atoms with Crippen LogP contribution in [0.25, 0.3) is 0 Å². The summed E-state index contributed by atoms with van der Waals surface area (Å²) in [5, 5.41) is 0.615. The number of hydrogen-bond acceptors (Lipinski definition) is 3. The van der Waals surface area contributed by atoms with Gasteiger partial charge in [0.1, 0.15) is 5.75 Å². The lowest BCUT2D eigenvalue weighted by molar-refractivity contribution is 0.441. The van der Waals surface area contributed by atoms with Crippen LogP contribution in [-0.2, 0) is 0 Å². The van der Waals surface area contributed by atoms with Crippen LogP contribution in [0.5, 0.6) is 11.8 Å². The fourth-order valence-electron chi connectivity index (χ4n) is 0.989. The zero-order valence-corrected chi connectivity index (χ0v) is 9.86. The first-order valence-electron chi connectivity index (χ1n) is 4.15. The Bertz CT molecular complexity index is 461. The van der Waals surface area contributed by atoms with Crippen LogP contribution in [0, 0.1) is 0 Å². The van der Waals surface area contributed by atoms with E-state index >= 15 is 0 Å². The Kier molecular flexibility index (Phi) is 3.18. The summed E-state index contributed by atoms with van der Waals surface area (Å²) >= 11 is 9.05. The highest BCUT2D eigenvalue weighted by Crippen LogP contribution is 2.21. The standard InChI is InChI=1S/C10H6BrClN2O/c11-7-5-13-10(14-6-7)15-9-3-1-2-8(12)4-9/h1-6H. The van der Waals surface area contributed by atoms with Crippen LogP contribution >= 0.6 is 27.5 Å². The molecular formula is C10H6BrClN2O. The number of halogens is 2. The molecule has 0 saturated carbocycles. The SMILES string of the molecule is Clc1cccc(Oc2ncc(Br)cn2)c1. The Morgan fingerprint density at radius 2 is 1.93 bits per heavy atom. The van der Waals surface area contributed by atoms with Gasteiger partial charge in [0.2, 0.25) is 0 Å². The molecule has 5 heteroatoms. The maximum Gasteiger partial charge on any atom is 0.321 e. The molecule has 0 aliphatic heterocycles. The van der Waals surface area contributed by atoms with Crippen LogP contribution in [0.1, 0.15) is 0 Å². The predicted molar refractivity (Wildman–Crippen MR) is 61.3 cm³/mol. The predicted octanol–water partition coefficient (Wildman–Crippen LogP) is 3.68. The first-order valence-corrected chi connectivity index (χ1v) is 5.32. The molecule has 0 fully saturated rings. The third-order valence-electron chi connectivity index (χ3n) is 1.60. The quantitative estimate of drug-likeness (QED) is 0.844. The summed E-state index contributed by atoms with van der Waals surface area (Å²) in [6.07, 6.45) is 3.24. The molecule has 1 heterocycles. The Hall–Kier alpha value is -1.13. The van der Waals surface area contributed by atoms with Gasteiger partial charge in [-0.25, -0.2) is 9.97 Å². The molecule has 1 aromatic heterocycles. The summed E-state index contributed by atoms with van der Waals surface area (Å²) in [5.74, 6) is 0.616. The van der Waals surface area contributed by atoms with E-state index in [1.54, 1.807) is 36.7 Å². The molecular weight excluding hydrogens is 279 g/mol. The minimum atomic E-state index is 0.292. The highest BCUT2D eigenvalue weighted by Gasteiger charge is 2.00. The molecule has 0 spiro atoms. The van der Waals surface area contributed by atoms with Gasteiger partial charge in [0.05, 0.1) is 4.47 Å². The van der Waals surface area contributed by atoms with Gasteiger partial charge in [-0.1, -0.05) is 17.7 Å². The normalized spacial score (nSPS) is 10.0. The van der Waals surface area contributed by atoms with E-state index in [0.29, 0.717) is 16.8 Å². The summed E-state index contributed by atoms with van der Waals surface area (Å²) in [6, 6.07) is 7.36. The van der Waals surface area contributed by atoms with E-state index in [-0.39, 0.29) is 0 Å². The topological polar surface area (TPSA) is 35.0 Å². The lowest BCUT2D eigenvalue weighted by Crippen LogP contribution is -1.90. The van der Waals surface area contributed by atoms with Gasteiger partial charge in [0.15, 0.2) is 0 Å². The zero-order chi connectivity index (χ0) is 10.7. The van der Waals surface area contributed by atoms with Gasteiger partial charge in [-0.05, 0) is 34.1 Å². The summed E-state index contributed by atoms with van der Waals surface area (Å²) in [4.78, 5) is 7.96. The lowest BCUT2D eigenvalue weighted by atomic mass is 10.3. The number of nitrogens with zero attached hydrogens (tertiary/aromatic N) is 2. The van der Waals surface area contributed by atoms with Gasteiger partial charge in [-0.15, -0.1) is 0 Å². The molecule has 2 aromatic rings. The average Bonchev–Trinajstić information content (AvgIpc) is 2.22. The second-order valence-electron chi connectivity index (χ2n) is 2.74. The van der Waals surface area contributed by atoms with Gasteiger partial charge in [0, 0.05) is 17.4 Å². The van der Waals surface area contributed by atoms with E-state index < -0.39 is 0 Å². The molecule has 3 nitrogen and oxygen atoms in total. The molecule has 0 aliphatic rings. The Morgan fingerprint density at radius 3 is 2.60 bits per heavy atom. The van der Waals surface area contributed by atoms with Crippen LogP contribution in [0.3, 0.4) is 0 Å². The molecule has 0 atom stereocenters. The van der Waals surface area contributed by atoms with E-state index in [9.17, 15) is 0 Å². The molecule has 0 amide bonds. The molecule has 0 unspecified atom stereocenters. The van der Waals surface area contributed by atoms with Crippen LogP contribution < -0.4 is 4.74 Å². The summed E-state index contributed by atoms with van der Waals surface area (Å²) in [7, 11) is 0. The molecule has 0 saturated heterocycles. The van der Waals surface area contributed by atoms with Crippen molar-refractivity contribution in [3.63, 3.8) is 0 Å². The fourth-order valence-corrected chi connectivity index (χ4v) is 1.37. The second-order valence-corrected chi connectivity index (χ2v) is 4.10. The largest absolute Gasteiger partial charge is 0.424 e. The summed E-state index contributed by atoms with van der Waals surface area (Å²) < 4.78 is 6.19. The monoisotopic (exact) mass is 284 g/mol. The minimum absolute atomic E-state index is 0.292. The molecule has 0 aliphatic carbocycles. The molecule has 0 bridgehead atoms. The number of aromatic nitrogens is 2. The van der Waals surface area contributed by atoms with E-state index in [0.717, 1.165) is 4.47 Å². The smallest absolute Gasteiger partial charge is 0.321 e. The van der Waals surface area contributed by atoms with Crippen LogP contribution in [0.15, 0.2) is 41.1 Å². The number of rotatable bonds is 2. The third-order valence-corrected chi connectivity index (χ3v) is 2.25. The van der Waals surface area contributed by atoms with Crippen molar-refractivity contribution < 1.29 is 4.74 Å². The maximum absolute atomic E-state index is 5.81. The maximum atomic E-state index is 5.81. The van der Waals surface area contributed by atoms with E-state index in [1.165, 1.54) is 0 Å². The molecule has 2 rings (SSSR count). The van der Waals surface area contributed by atoms with Crippen LogP contribution in [0.2, 0.25) is 5.02 Å². The highest BCUT2D eigenvalue weighted by molar-refractivity contribution is 9.10. The number of ether oxygens (including phenoxy) is 1. The molecule has 1 aromatic carbocycles. The van der Waals surface area contributed by atoms with Crippen molar-refractivity contribution in [1.82, 2.24) is 9.97 Å². The highest BCUT2D eigenvalue weighted by atomic mass is 79.9. The first-order chi connectivity index (χ1) is 7.24. The minimum Gasteiger partial charge on any atom is -0.424 e.